The molecular weight excluding hydrogens is 357 g/mol. The summed E-state index contributed by atoms with van der Waals surface area (Å²) in [5, 5.41) is 5.43. The Morgan fingerprint density at radius 3 is 2.36 bits per heavy atom. The Labute approximate surface area is 163 Å². The molecule has 0 radical (unpaired) electrons. The largest absolute Gasteiger partial charge is 0.359 e. The van der Waals surface area contributed by atoms with E-state index in [-0.39, 0.29) is 24.1 Å². The number of amides is 2. The van der Waals surface area contributed by atoms with E-state index in [1.54, 1.807) is 67.1 Å². The lowest BCUT2D eigenvalue weighted by Crippen LogP contribution is -2.19. The van der Waals surface area contributed by atoms with E-state index in [1.807, 2.05) is 6.92 Å². The zero-order valence-electron chi connectivity index (χ0n) is 16.0. The molecule has 0 aliphatic rings. The standard InChI is InChI=1S/C22H22FN3O2/c1-14-12-18(15(2)26(14)20-7-5-4-6-19(20)23)22(28)25-17-10-8-16(9-11-17)13-21(27)24-3/h4-12H,13H2,1-3H3,(H,24,27)(H,25,28). The number of aryl methyl sites for hydroxylation is 1. The zero-order chi connectivity index (χ0) is 20.3. The molecular formula is C22H22FN3O2. The fourth-order valence-corrected chi connectivity index (χ4v) is 3.17. The summed E-state index contributed by atoms with van der Waals surface area (Å²) < 4.78 is 15.9. The first-order valence-corrected chi connectivity index (χ1v) is 8.95. The lowest BCUT2D eigenvalue weighted by Gasteiger charge is -2.11. The number of para-hydroxylation sites is 1. The Bertz CT molecular complexity index is 1020. The molecule has 0 aliphatic heterocycles. The van der Waals surface area contributed by atoms with E-state index in [2.05, 4.69) is 10.6 Å². The summed E-state index contributed by atoms with van der Waals surface area (Å²) in [4.78, 5) is 24.2. The van der Waals surface area contributed by atoms with Crippen LogP contribution < -0.4 is 10.6 Å². The number of aromatic nitrogens is 1. The maximum Gasteiger partial charge on any atom is 0.257 e. The zero-order valence-corrected chi connectivity index (χ0v) is 16.0. The predicted octanol–water partition coefficient (Wildman–Crippen LogP) is 3.77. The molecule has 0 saturated heterocycles. The molecule has 0 spiro atoms. The second-order valence-corrected chi connectivity index (χ2v) is 6.57. The van der Waals surface area contributed by atoms with Crippen LogP contribution in [0.1, 0.15) is 27.3 Å². The molecule has 144 valence electrons. The van der Waals surface area contributed by atoms with Crippen LogP contribution in [0.2, 0.25) is 0 Å². The maximum atomic E-state index is 14.2. The molecule has 28 heavy (non-hydrogen) atoms. The first-order valence-electron chi connectivity index (χ1n) is 8.95. The fourth-order valence-electron chi connectivity index (χ4n) is 3.17. The van der Waals surface area contributed by atoms with E-state index in [0.29, 0.717) is 22.6 Å². The quantitative estimate of drug-likeness (QED) is 0.709. The number of hydrogen-bond acceptors (Lipinski definition) is 2. The third-order valence-corrected chi connectivity index (χ3v) is 4.62. The van der Waals surface area contributed by atoms with Gasteiger partial charge < -0.3 is 15.2 Å². The van der Waals surface area contributed by atoms with Crippen molar-refractivity contribution in [2.45, 2.75) is 20.3 Å². The van der Waals surface area contributed by atoms with Gasteiger partial charge in [0.1, 0.15) is 5.82 Å². The molecule has 0 saturated carbocycles. The van der Waals surface area contributed by atoms with Crippen molar-refractivity contribution in [3.8, 4) is 5.69 Å². The average molecular weight is 379 g/mol. The molecule has 2 N–H and O–H groups in total. The number of likely N-dealkylation sites (N-methyl/N-ethyl adjacent to an activating group) is 1. The van der Waals surface area contributed by atoms with Gasteiger partial charge in [-0.1, -0.05) is 24.3 Å². The average Bonchev–Trinajstić information content (AvgIpc) is 2.98. The van der Waals surface area contributed by atoms with Crippen molar-refractivity contribution in [1.82, 2.24) is 9.88 Å². The molecule has 6 heteroatoms. The van der Waals surface area contributed by atoms with Gasteiger partial charge in [0.2, 0.25) is 5.91 Å². The highest BCUT2D eigenvalue weighted by molar-refractivity contribution is 6.05. The van der Waals surface area contributed by atoms with E-state index < -0.39 is 0 Å². The van der Waals surface area contributed by atoms with Crippen LogP contribution in [0.25, 0.3) is 5.69 Å². The van der Waals surface area contributed by atoms with Gasteiger partial charge in [-0.05, 0) is 49.7 Å². The van der Waals surface area contributed by atoms with Gasteiger partial charge in [0.05, 0.1) is 17.7 Å². The first-order chi connectivity index (χ1) is 13.4. The molecule has 0 atom stereocenters. The van der Waals surface area contributed by atoms with Crippen molar-refractivity contribution in [1.29, 1.82) is 0 Å². The number of carbonyl (C=O) groups excluding carboxylic acids is 2. The molecule has 3 aromatic rings. The Morgan fingerprint density at radius 1 is 1.04 bits per heavy atom. The Hall–Kier alpha value is -3.41. The first kappa shape index (κ1) is 19.4. The number of nitrogens with zero attached hydrogens (tertiary/aromatic N) is 1. The summed E-state index contributed by atoms with van der Waals surface area (Å²) >= 11 is 0. The molecule has 0 bridgehead atoms. The summed E-state index contributed by atoms with van der Waals surface area (Å²) in [6.07, 6.45) is 0.286. The van der Waals surface area contributed by atoms with Crippen LogP contribution in [-0.2, 0) is 11.2 Å². The molecule has 0 fully saturated rings. The highest BCUT2D eigenvalue weighted by Crippen LogP contribution is 2.23. The summed E-state index contributed by atoms with van der Waals surface area (Å²) in [7, 11) is 1.59. The van der Waals surface area contributed by atoms with Gasteiger partial charge in [-0.15, -0.1) is 0 Å². The molecule has 2 aromatic carbocycles. The van der Waals surface area contributed by atoms with Crippen LogP contribution in [0, 0.1) is 19.7 Å². The van der Waals surface area contributed by atoms with Gasteiger partial charge in [0.15, 0.2) is 0 Å². The Balaban J connectivity index is 1.81. The van der Waals surface area contributed by atoms with Gasteiger partial charge in [0, 0.05) is 24.1 Å². The van der Waals surface area contributed by atoms with Crippen LogP contribution in [0.4, 0.5) is 10.1 Å². The second-order valence-electron chi connectivity index (χ2n) is 6.57. The van der Waals surface area contributed by atoms with Crippen molar-refractivity contribution in [2.24, 2.45) is 0 Å². The summed E-state index contributed by atoms with van der Waals surface area (Å²) in [5.74, 6) is -0.685. The van der Waals surface area contributed by atoms with Crippen LogP contribution in [-0.4, -0.2) is 23.4 Å². The Morgan fingerprint density at radius 2 is 1.71 bits per heavy atom. The topological polar surface area (TPSA) is 63.1 Å². The number of anilines is 1. The highest BCUT2D eigenvalue weighted by atomic mass is 19.1. The van der Waals surface area contributed by atoms with Crippen molar-refractivity contribution in [3.63, 3.8) is 0 Å². The van der Waals surface area contributed by atoms with Gasteiger partial charge in [-0.2, -0.15) is 0 Å². The summed E-state index contributed by atoms with van der Waals surface area (Å²) in [6, 6.07) is 15.3. The number of nitrogens with one attached hydrogen (secondary N) is 2. The lowest BCUT2D eigenvalue weighted by molar-refractivity contribution is -0.119. The number of rotatable bonds is 5. The van der Waals surface area contributed by atoms with Crippen molar-refractivity contribution in [3.05, 3.63) is 82.9 Å². The van der Waals surface area contributed by atoms with Gasteiger partial charge >= 0.3 is 0 Å². The lowest BCUT2D eigenvalue weighted by atomic mass is 10.1. The molecule has 0 unspecified atom stereocenters. The van der Waals surface area contributed by atoms with Gasteiger partial charge in [0.25, 0.3) is 5.91 Å². The minimum absolute atomic E-state index is 0.0719. The molecule has 5 nitrogen and oxygen atoms in total. The number of hydrogen-bond donors (Lipinski definition) is 2. The third-order valence-electron chi connectivity index (χ3n) is 4.62. The smallest absolute Gasteiger partial charge is 0.257 e. The van der Waals surface area contributed by atoms with Gasteiger partial charge in [-0.25, -0.2) is 4.39 Å². The maximum absolute atomic E-state index is 14.2. The number of carbonyl (C=O) groups is 2. The van der Waals surface area contributed by atoms with E-state index in [0.717, 1.165) is 11.3 Å². The minimum atomic E-state index is -0.344. The third kappa shape index (κ3) is 3.96. The van der Waals surface area contributed by atoms with Crippen LogP contribution in [0.15, 0.2) is 54.6 Å². The van der Waals surface area contributed by atoms with Crippen LogP contribution >= 0.6 is 0 Å². The van der Waals surface area contributed by atoms with E-state index in [9.17, 15) is 14.0 Å². The van der Waals surface area contributed by atoms with Crippen LogP contribution in [0.3, 0.4) is 0 Å². The normalized spacial score (nSPS) is 10.6. The monoisotopic (exact) mass is 379 g/mol. The SMILES string of the molecule is CNC(=O)Cc1ccc(NC(=O)c2cc(C)n(-c3ccccc3F)c2C)cc1. The fraction of sp³-hybridized carbons (Fsp3) is 0.182. The van der Waals surface area contributed by atoms with E-state index >= 15 is 0 Å². The van der Waals surface area contributed by atoms with Crippen molar-refractivity contribution >= 4 is 17.5 Å². The Kier molecular flexibility index (Phi) is 5.59. The van der Waals surface area contributed by atoms with E-state index in [4.69, 9.17) is 0 Å². The molecule has 1 aromatic heterocycles. The predicted molar refractivity (Wildman–Crippen MR) is 107 cm³/mol. The number of benzene rings is 2. The highest BCUT2D eigenvalue weighted by Gasteiger charge is 2.18. The molecule has 2 amide bonds. The summed E-state index contributed by atoms with van der Waals surface area (Å²) in [6.45, 7) is 3.63. The second kappa shape index (κ2) is 8.08. The van der Waals surface area contributed by atoms with Gasteiger partial charge in [-0.3, -0.25) is 9.59 Å². The van der Waals surface area contributed by atoms with Crippen molar-refractivity contribution < 1.29 is 14.0 Å². The van der Waals surface area contributed by atoms with Crippen molar-refractivity contribution in [2.75, 3.05) is 12.4 Å². The summed E-state index contributed by atoms with van der Waals surface area (Å²) in [5.41, 5.74) is 3.81. The number of halogens is 1. The van der Waals surface area contributed by atoms with Crippen LogP contribution in [0.5, 0.6) is 0 Å². The minimum Gasteiger partial charge on any atom is -0.359 e. The molecule has 1 heterocycles. The van der Waals surface area contributed by atoms with E-state index in [1.165, 1.54) is 6.07 Å². The molecule has 0 aliphatic carbocycles. The molecule has 3 rings (SSSR count).